The van der Waals surface area contributed by atoms with Gasteiger partial charge in [0.2, 0.25) is 0 Å². The lowest BCUT2D eigenvalue weighted by Crippen LogP contribution is -2.09. The molecule has 2 aromatic carbocycles. The minimum atomic E-state index is -0.256. The van der Waals surface area contributed by atoms with E-state index in [-0.39, 0.29) is 5.97 Å². The van der Waals surface area contributed by atoms with Crippen LogP contribution in [-0.4, -0.2) is 5.97 Å². The molecule has 0 radical (unpaired) electrons. The summed E-state index contributed by atoms with van der Waals surface area (Å²) in [6.45, 7) is 8.14. The van der Waals surface area contributed by atoms with Crippen LogP contribution in [0.2, 0.25) is 5.02 Å². The second-order valence-corrected chi connectivity index (χ2v) is 6.14. The molecule has 3 nitrogen and oxygen atoms in total. The van der Waals surface area contributed by atoms with Crippen LogP contribution in [-0.2, 0) is 17.8 Å². The lowest BCUT2D eigenvalue weighted by molar-refractivity contribution is -0.134. The normalized spacial score (nSPS) is 10.5. The number of ether oxygens (including phenoxy) is 2. The maximum atomic E-state index is 11.6. The molecule has 0 N–H and O–H groups in total. The Kier molecular flexibility index (Phi) is 6.27. The zero-order valence-corrected chi connectivity index (χ0v) is 15.4. The van der Waals surface area contributed by atoms with Crippen molar-refractivity contribution in [2.45, 2.75) is 47.1 Å². The summed E-state index contributed by atoms with van der Waals surface area (Å²) in [5, 5.41) is 0.709. The summed E-state index contributed by atoms with van der Waals surface area (Å²) in [7, 11) is 0. The van der Waals surface area contributed by atoms with Gasteiger partial charge in [-0.3, -0.25) is 4.79 Å². The van der Waals surface area contributed by atoms with Gasteiger partial charge in [-0.25, -0.2) is 0 Å². The molecule has 0 atom stereocenters. The van der Waals surface area contributed by atoms with Crippen molar-refractivity contribution < 1.29 is 14.3 Å². The van der Waals surface area contributed by atoms with Crippen LogP contribution in [0.1, 0.15) is 42.5 Å². The molecule has 24 heavy (non-hydrogen) atoms. The predicted molar refractivity (Wildman–Crippen MR) is 97.0 cm³/mol. The summed E-state index contributed by atoms with van der Waals surface area (Å²) in [5.41, 5.74) is 4.03. The number of rotatable bonds is 6. The largest absolute Gasteiger partial charge is 0.488 e. The molecule has 0 aliphatic rings. The summed E-state index contributed by atoms with van der Waals surface area (Å²) in [6, 6.07) is 9.54. The van der Waals surface area contributed by atoms with Crippen molar-refractivity contribution in [1.82, 2.24) is 0 Å². The summed E-state index contributed by atoms with van der Waals surface area (Å²) in [5.74, 6) is 1.04. The van der Waals surface area contributed by atoms with Crippen LogP contribution < -0.4 is 9.47 Å². The highest BCUT2D eigenvalue weighted by Gasteiger charge is 2.12. The third-order valence-corrected chi connectivity index (χ3v) is 4.33. The first kappa shape index (κ1) is 18.3. The molecule has 2 rings (SSSR count). The Labute approximate surface area is 148 Å². The summed E-state index contributed by atoms with van der Waals surface area (Å²) >= 11 is 6.28. The Hall–Kier alpha value is -2.00. The zero-order valence-electron chi connectivity index (χ0n) is 14.6. The molecular weight excluding hydrogens is 324 g/mol. The SMILES string of the molecule is CCC(=O)Oc1cccc(C)c1COc1cc(Cl)c(CC)cc1C. The molecule has 0 unspecified atom stereocenters. The van der Waals surface area contributed by atoms with Gasteiger partial charge in [-0.05, 0) is 49.1 Å². The van der Waals surface area contributed by atoms with Gasteiger partial charge in [-0.15, -0.1) is 0 Å². The Balaban J connectivity index is 2.23. The fourth-order valence-corrected chi connectivity index (χ4v) is 2.74. The highest BCUT2D eigenvalue weighted by molar-refractivity contribution is 6.31. The lowest BCUT2D eigenvalue weighted by Gasteiger charge is -2.15. The minimum absolute atomic E-state index is 0.256. The van der Waals surface area contributed by atoms with E-state index >= 15 is 0 Å². The Bertz CT molecular complexity index is 738. The van der Waals surface area contributed by atoms with Crippen molar-refractivity contribution in [3.8, 4) is 11.5 Å². The molecular formula is C20H23ClO3. The molecule has 0 saturated heterocycles. The number of halogens is 1. The van der Waals surface area contributed by atoms with Crippen molar-refractivity contribution in [1.29, 1.82) is 0 Å². The van der Waals surface area contributed by atoms with Crippen molar-refractivity contribution >= 4 is 17.6 Å². The van der Waals surface area contributed by atoms with Gasteiger partial charge in [0.15, 0.2) is 0 Å². The van der Waals surface area contributed by atoms with Crippen molar-refractivity contribution in [2.75, 3.05) is 0 Å². The maximum absolute atomic E-state index is 11.6. The Morgan fingerprint density at radius 1 is 1.08 bits per heavy atom. The quantitative estimate of drug-likeness (QED) is 0.518. The van der Waals surface area contributed by atoms with Gasteiger partial charge in [-0.1, -0.05) is 43.6 Å². The molecule has 2 aromatic rings. The molecule has 0 aromatic heterocycles. The first-order valence-corrected chi connectivity index (χ1v) is 8.55. The predicted octanol–water partition coefficient (Wildman–Crippen LogP) is 5.41. The average Bonchev–Trinajstić information content (AvgIpc) is 2.56. The zero-order chi connectivity index (χ0) is 17.7. The lowest BCUT2D eigenvalue weighted by atomic mass is 10.1. The van der Waals surface area contributed by atoms with Crippen LogP contribution in [0, 0.1) is 13.8 Å². The molecule has 4 heteroatoms. The summed E-state index contributed by atoms with van der Waals surface area (Å²) < 4.78 is 11.4. The van der Waals surface area contributed by atoms with Crippen LogP contribution in [0.25, 0.3) is 0 Å². The van der Waals surface area contributed by atoms with E-state index in [1.54, 1.807) is 13.0 Å². The number of carbonyl (C=O) groups is 1. The van der Waals surface area contributed by atoms with Gasteiger partial charge in [0.05, 0.1) is 0 Å². The first-order valence-electron chi connectivity index (χ1n) is 8.17. The third kappa shape index (κ3) is 4.30. The van der Waals surface area contributed by atoms with E-state index < -0.39 is 0 Å². The standard InChI is InChI=1S/C20H23ClO3/c1-5-15-10-14(4)19(11-17(15)21)23-12-16-13(3)8-7-9-18(16)24-20(22)6-2/h7-11H,5-6,12H2,1-4H3. The van der Waals surface area contributed by atoms with Gasteiger partial charge in [-0.2, -0.15) is 0 Å². The van der Waals surface area contributed by atoms with E-state index in [0.717, 1.165) is 34.4 Å². The van der Waals surface area contributed by atoms with E-state index in [4.69, 9.17) is 21.1 Å². The van der Waals surface area contributed by atoms with E-state index in [9.17, 15) is 4.79 Å². The number of esters is 1. The maximum Gasteiger partial charge on any atom is 0.310 e. The van der Waals surface area contributed by atoms with E-state index in [1.807, 2.05) is 38.1 Å². The molecule has 0 aliphatic carbocycles. The molecule has 0 saturated carbocycles. The molecule has 0 amide bonds. The fraction of sp³-hybridized carbons (Fsp3) is 0.350. The van der Waals surface area contributed by atoms with Gasteiger partial charge < -0.3 is 9.47 Å². The molecule has 0 fully saturated rings. The molecule has 128 valence electrons. The Morgan fingerprint density at radius 3 is 2.50 bits per heavy atom. The van der Waals surface area contributed by atoms with Crippen molar-refractivity contribution in [3.63, 3.8) is 0 Å². The first-order chi connectivity index (χ1) is 11.5. The van der Waals surface area contributed by atoms with Crippen LogP contribution in [0.3, 0.4) is 0 Å². The third-order valence-electron chi connectivity index (χ3n) is 3.98. The number of hydrogen-bond donors (Lipinski definition) is 0. The molecule has 0 heterocycles. The number of carbonyl (C=O) groups excluding carboxylic acids is 1. The molecule has 0 aliphatic heterocycles. The minimum Gasteiger partial charge on any atom is -0.488 e. The number of aryl methyl sites for hydroxylation is 3. The van der Waals surface area contributed by atoms with Crippen LogP contribution in [0.15, 0.2) is 30.3 Å². The summed E-state index contributed by atoms with van der Waals surface area (Å²) in [4.78, 5) is 11.6. The van der Waals surface area contributed by atoms with Gasteiger partial charge in [0.25, 0.3) is 0 Å². The smallest absolute Gasteiger partial charge is 0.310 e. The number of benzene rings is 2. The highest BCUT2D eigenvalue weighted by atomic mass is 35.5. The Morgan fingerprint density at radius 2 is 1.83 bits per heavy atom. The van der Waals surface area contributed by atoms with Crippen LogP contribution in [0.5, 0.6) is 11.5 Å². The van der Waals surface area contributed by atoms with Gasteiger partial charge >= 0.3 is 5.97 Å². The summed E-state index contributed by atoms with van der Waals surface area (Å²) in [6.07, 6.45) is 1.22. The van der Waals surface area contributed by atoms with E-state index in [1.165, 1.54) is 0 Å². The average molecular weight is 347 g/mol. The van der Waals surface area contributed by atoms with Gasteiger partial charge in [0.1, 0.15) is 18.1 Å². The fourth-order valence-electron chi connectivity index (χ4n) is 2.45. The second-order valence-electron chi connectivity index (χ2n) is 5.73. The topological polar surface area (TPSA) is 35.5 Å². The van der Waals surface area contributed by atoms with Crippen LogP contribution in [0.4, 0.5) is 0 Å². The molecule has 0 spiro atoms. The monoisotopic (exact) mass is 346 g/mol. The number of hydrogen-bond acceptors (Lipinski definition) is 3. The highest BCUT2D eigenvalue weighted by Crippen LogP contribution is 2.30. The van der Waals surface area contributed by atoms with Crippen LogP contribution >= 0.6 is 11.6 Å². The van der Waals surface area contributed by atoms with Crippen molar-refractivity contribution in [2.24, 2.45) is 0 Å². The van der Waals surface area contributed by atoms with Gasteiger partial charge in [0, 0.05) is 17.0 Å². The molecule has 0 bridgehead atoms. The second kappa shape index (κ2) is 8.20. The van der Waals surface area contributed by atoms with E-state index in [2.05, 4.69) is 6.92 Å². The van der Waals surface area contributed by atoms with Crippen molar-refractivity contribution in [3.05, 3.63) is 57.6 Å². The van der Waals surface area contributed by atoms with E-state index in [0.29, 0.717) is 23.8 Å².